The lowest BCUT2D eigenvalue weighted by molar-refractivity contribution is -0.130. The first-order valence-corrected chi connectivity index (χ1v) is 10.0. The van der Waals surface area contributed by atoms with Crippen molar-refractivity contribution in [3.8, 4) is 0 Å². The van der Waals surface area contributed by atoms with Crippen LogP contribution in [-0.4, -0.2) is 43.5 Å². The molecule has 27 heavy (non-hydrogen) atoms. The summed E-state index contributed by atoms with van der Waals surface area (Å²) in [5.41, 5.74) is 1.06. The molecule has 0 spiro atoms. The molecular formula is C19H18N2O5S. The summed E-state index contributed by atoms with van der Waals surface area (Å²) in [7, 11) is -0.585. The van der Waals surface area contributed by atoms with Gasteiger partial charge in [0.2, 0.25) is 10.0 Å². The average molecular weight is 386 g/mol. The summed E-state index contributed by atoms with van der Waals surface area (Å²) < 4.78 is 31.4. The molecule has 1 heterocycles. The van der Waals surface area contributed by atoms with Gasteiger partial charge in [-0.1, -0.05) is 17.3 Å². The van der Waals surface area contributed by atoms with Crippen LogP contribution in [0.3, 0.4) is 0 Å². The lowest BCUT2D eigenvalue weighted by atomic mass is 9.83. The number of nitrogens with zero attached hydrogens (tertiary/aromatic N) is 2. The summed E-state index contributed by atoms with van der Waals surface area (Å²) in [5.74, 6) is -0.669. The molecule has 140 valence electrons. The second-order valence-electron chi connectivity index (χ2n) is 6.95. The van der Waals surface area contributed by atoms with E-state index in [1.807, 2.05) is 0 Å². The fourth-order valence-corrected chi connectivity index (χ4v) is 4.48. The maximum atomic E-state index is 12.4. The van der Waals surface area contributed by atoms with Gasteiger partial charge in [-0.3, -0.25) is 9.59 Å². The highest BCUT2D eigenvalue weighted by Gasteiger charge is 2.32. The Morgan fingerprint density at radius 2 is 1.93 bits per heavy atom. The molecule has 8 heteroatoms. The van der Waals surface area contributed by atoms with Gasteiger partial charge in [-0.05, 0) is 35.4 Å². The molecule has 1 fully saturated rings. The number of carbonyl (C=O) groups excluding carboxylic acids is 2. The van der Waals surface area contributed by atoms with E-state index >= 15 is 0 Å². The van der Waals surface area contributed by atoms with Gasteiger partial charge in [0.05, 0.1) is 22.6 Å². The Morgan fingerprint density at radius 1 is 1.15 bits per heavy atom. The summed E-state index contributed by atoms with van der Waals surface area (Å²) in [5, 5.41) is 6.30. The van der Waals surface area contributed by atoms with E-state index in [1.165, 1.54) is 14.1 Å². The van der Waals surface area contributed by atoms with Crippen molar-refractivity contribution in [2.45, 2.75) is 30.1 Å². The van der Waals surface area contributed by atoms with Crippen molar-refractivity contribution in [2.24, 2.45) is 0 Å². The molecule has 0 unspecified atom stereocenters. The lowest BCUT2D eigenvalue weighted by Gasteiger charge is -2.18. The van der Waals surface area contributed by atoms with E-state index in [0.717, 1.165) is 9.69 Å². The van der Waals surface area contributed by atoms with Crippen molar-refractivity contribution < 1.29 is 22.5 Å². The zero-order valence-electron chi connectivity index (χ0n) is 14.9. The van der Waals surface area contributed by atoms with Crippen LogP contribution in [0.2, 0.25) is 0 Å². The average Bonchev–Trinajstić information content (AvgIpc) is 3.05. The molecule has 0 radical (unpaired) electrons. The van der Waals surface area contributed by atoms with Crippen LogP contribution in [0.1, 0.15) is 30.9 Å². The minimum Gasteiger partial charge on any atom is -0.356 e. The molecule has 1 aromatic heterocycles. The first-order valence-electron chi connectivity index (χ1n) is 8.58. The first kappa shape index (κ1) is 17.8. The molecule has 4 rings (SSSR count). The quantitative estimate of drug-likeness (QED) is 0.642. The van der Waals surface area contributed by atoms with Gasteiger partial charge in [-0.15, -0.1) is 0 Å². The first-order chi connectivity index (χ1) is 12.8. The molecule has 0 N–H and O–H groups in total. The zero-order valence-corrected chi connectivity index (χ0v) is 15.7. The van der Waals surface area contributed by atoms with Crippen molar-refractivity contribution in [3.05, 3.63) is 36.0 Å². The van der Waals surface area contributed by atoms with Crippen LogP contribution in [-0.2, 0) is 19.6 Å². The van der Waals surface area contributed by atoms with Crippen molar-refractivity contribution in [1.29, 1.82) is 0 Å². The third kappa shape index (κ3) is 2.85. The van der Waals surface area contributed by atoms with Crippen LogP contribution in [0.15, 0.2) is 39.8 Å². The van der Waals surface area contributed by atoms with Crippen LogP contribution >= 0.6 is 0 Å². The topological polar surface area (TPSA) is 97.6 Å². The van der Waals surface area contributed by atoms with Crippen molar-refractivity contribution in [2.75, 3.05) is 14.1 Å². The fourth-order valence-electron chi connectivity index (χ4n) is 3.54. The predicted molar refractivity (Wildman–Crippen MR) is 99.0 cm³/mol. The number of ketones is 2. The van der Waals surface area contributed by atoms with Gasteiger partial charge in [-0.2, -0.15) is 0 Å². The number of carbonyl (C=O) groups is 2. The van der Waals surface area contributed by atoms with Gasteiger partial charge in [0, 0.05) is 20.5 Å². The number of benzene rings is 2. The highest BCUT2D eigenvalue weighted by molar-refractivity contribution is 7.89. The minimum atomic E-state index is -3.55. The predicted octanol–water partition coefficient (Wildman–Crippen LogP) is 2.64. The van der Waals surface area contributed by atoms with E-state index in [-0.39, 0.29) is 22.9 Å². The van der Waals surface area contributed by atoms with Crippen LogP contribution in [0.25, 0.3) is 21.7 Å². The Bertz CT molecular complexity index is 1190. The standard InChI is InChI=1S/C19H18N2O5S/c1-21(2)27(24,25)13-5-7-14-11(9-13)3-8-17-18(14)19(20-26-17)15-6-4-12(22)10-16(15)23/h3,5,7-9,15H,4,6,10H2,1-2H3/t15-/m0/s1. The maximum absolute atomic E-state index is 12.4. The van der Waals surface area contributed by atoms with Gasteiger partial charge in [0.25, 0.3) is 0 Å². The summed E-state index contributed by atoms with van der Waals surface area (Å²) in [6.07, 6.45) is 0.693. The molecule has 2 aromatic carbocycles. The van der Waals surface area contributed by atoms with Gasteiger partial charge >= 0.3 is 0 Å². The Hall–Kier alpha value is -2.58. The number of hydrogen-bond donors (Lipinski definition) is 0. The van der Waals surface area contributed by atoms with E-state index in [9.17, 15) is 18.0 Å². The van der Waals surface area contributed by atoms with Crippen molar-refractivity contribution >= 4 is 43.3 Å². The van der Waals surface area contributed by atoms with E-state index in [2.05, 4.69) is 5.16 Å². The molecule has 1 aliphatic carbocycles. The number of aromatic nitrogens is 1. The third-order valence-electron chi connectivity index (χ3n) is 5.03. The fraction of sp³-hybridized carbons (Fsp3) is 0.316. The lowest BCUT2D eigenvalue weighted by Crippen LogP contribution is -2.23. The molecule has 0 saturated heterocycles. The zero-order chi connectivity index (χ0) is 19.3. The summed E-state index contributed by atoms with van der Waals surface area (Å²) in [6, 6.07) is 8.35. The van der Waals surface area contributed by atoms with Crippen LogP contribution in [0.4, 0.5) is 0 Å². The molecule has 0 bridgehead atoms. The molecular weight excluding hydrogens is 368 g/mol. The molecule has 1 atom stereocenters. The number of rotatable bonds is 3. The number of fused-ring (bicyclic) bond motifs is 3. The van der Waals surface area contributed by atoms with Crippen LogP contribution in [0, 0.1) is 0 Å². The van der Waals surface area contributed by atoms with Gasteiger partial charge in [0.15, 0.2) is 5.58 Å². The molecule has 7 nitrogen and oxygen atoms in total. The molecule has 1 saturated carbocycles. The van der Waals surface area contributed by atoms with Crippen LogP contribution in [0.5, 0.6) is 0 Å². The number of Topliss-reactive ketones (excluding diaryl/α,β-unsaturated/α-hetero) is 2. The second kappa shape index (κ2) is 6.24. The SMILES string of the molecule is CN(C)S(=O)(=O)c1ccc2c(ccc3onc([C@H]4CCC(=O)CC4=O)c32)c1. The number of sulfonamides is 1. The van der Waals surface area contributed by atoms with E-state index in [4.69, 9.17) is 4.52 Å². The number of hydrogen-bond acceptors (Lipinski definition) is 6. The normalized spacial score (nSPS) is 18.7. The van der Waals surface area contributed by atoms with Crippen LogP contribution < -0.4 is 0 Å². The summed E-state index contributed by atoms with van der Waals surface area (Å²) in [6.45, 7) is 0. The molecule has 1 aliphatic rings. The van der Waals surface area contributed by atoms with Gasteiger partial charge in [0.1, 0.15) is 17.3 Å². The largest absolute Gasteiger partial charge is 0.356 e. The Kier molecular flexibility index (Phi) is 4.12. The maximum Gasteiger partial charge on any atom is 0.242 e. The van der Waals surface area contributed by atoms with Gasteiger partial charge in [-0.25, -0.2) is 12.7 Å². The van der Waals surface area contributed by atoms with Gasteiger partial charge < -0.3 is 4.52 Å². The van der Waals surface area contributed by atoms with E-state index in [1.54, 1.807) is 30.3 Å². The highest BCUT2D eigenvalue weighted by atomic mass is 32.2. The Labute approximate surface area is 156 Å². The molecule has 3 aromatic rings. The van der Waals surface area contributed by atoms with Crippen molar-refractivity contribution in [1.82, 2.24) is 9.46 Å². The second-order valence-corrected chi connectivity index (χ2v) is 9.10. The smallest absolute Gasteiger partial charge is 0.242 e. The summed E-state index contributed by atoms with van der Waals surface area (Å²) in [4.78, 5) is 24.1. The molecule has 0 amide bonds. The Morgan fingerprint density at radius 3 is 2.63 bits per heavy atom. The monoisotopic (exact) mass is 386 g/mol. The van der Waals surface area contributed by atoms with E-state index < -0.39 is 15.9 Å². The third-order valence-corrected chi connectivity index (χ3v) is 6.84. The minimum absolute atomic E-state index is 0.0487. The summed E-state index contributed by atoms with van der Waals surface area (Å²) >= 11 is 0. The molecule has 0 aliphatic heterocycles. The van der Waals surface area contributed by atoms with E-state index in [0.29, 0.717) is 34.9 Å². The highest BCUT2D eigenvalue weighted by Crippen LogP contribution is 2.37. The Balaban J connectivity index is 1.90. The van der Waals surface area contributed by atoms with Crippen molar-refractivity contribution in [3.63, 3.8) is 0 Å².